The third-order valence-corrected chi connectivity index (χ3v) is 7.29. The first-order valence-electron chi connectivity index (χ1n) is 10.3. The van der Waals surface area contributed by atoms with Gasteiger partial charge in [0.25, 0.3) is 0 Å². The Balaban J connectivity index is 1.53. The summed E-state index contributed by atoms with van der Waals surface area (Å²) in [5, 5.41) is 3.31. The maximum Gasteiger partial charge on any atom is 0.231 e. The summed E-state index contributed by atoms with van der Waals surface area (Å²) in [6, 6.07) is 16.9. The van der Waals surface area contributed by atoms with Crippen molar-refractivity contribution in [2.24, 2.45) is 0 Å². The van der Waals surface area contributed by atoms with Crippen LogP contribution in [-0.2, 0) is 20.0 Å². The highest BCUT2D eigenvalue weighted by molar-refractivity contribution is 7.90. The molecule has 4 rings (SSSR count). The first-order chi connectivity index (χ1) is 13.9. The van der Waals surface area contributed by atoms with Crippen LogP contribution in [-0.4, -0.2) is 45.1 Å². The molecule has 29 heavy (non-hydrogen) atoms. The number of carbonyl (C=O) groups is 1. The maximum atomic E-state index is 13.3. The average Bonchev–Trinajstić information content (AvgIpc) is 3.38. The standard InChI is InChI=1S/C23H28N2O3S/c1-29(27,28)20-11-9-19(10-12-20)23(13-14-23)22(26)24-21(17-25-15-5-6-16-25)18-7-3-2-4-8-18/h2-4,7-12,21H,5-6,13-17H2,1H3,(H,24,26). The summed E-state index contributed by atoms with van der Waals surface area (Å²) < 4.78 is 23.5. The number of hydrogen-bond acceptors (Lipinski definition) is 4. The van der Waals surface area contributed by atoms with Crippen LogP contribution in [0.15, 0.2) is 59.5 Å². The normalized spacial score (nSPS) is 19.6. The highest BCUT2D eigenvalue weighted by Gasteiger charge is 2.51. The second-order valence-electron chi connectivity index (χ2n) is 8.32. The molecule has 1 N–H and O–H groups in total. The van der Waals surface area contributed by atoms with Crippen molar-refractivity contribution in [3.63, 3.8) is 0 Å². The summed E-state index contributed by atoms with van der Waals surface area (Å²) >= 11 is 0. The highest BCUT2D eigenvalue weighted by Crippen LogP contribution is 2.49. The van der Waals surface area contributed by atoms with Crippen LogP contribution in [0.4, 0.5) is 0 Å². The van der Waals surface area contributed by atoms with Crippen molar-refractivity contribution in [2.75, 3.05) is 25.9 Å². The lowest BCUT2D eigenvalue weighted by Crippen LogP contribution is -2.41. The van der Waals surface area contributed by atoms with E-state index in [4.69, 9.17) is 0 Å². The number of sulfone groups is 1. The smallest absolute Gasteiger partial charge is 0.231 e. The zero-order valence-corrected chi connectivity index (χ0v) is 17.6. The molecular weight excluding hydrogens is 384 g/mol. The number of likely N-dealkylation sites (tertiary alicyclic amines) is 1. The molecule has 1 saturated heterocycles. The van der Waals surface area contributed by atoms with Gasteiger partial charge in [-0.15, -0.1) is 0 Å². The van der Waals surface area contributed by atoms with E-state index in [2.05, 4.69) is 22.3 Å². The topological polar surface area (TPSA) is 66.5 Å². The van der Waals surface area contributed by atoms with Crippen molar-refractivity contribution in [2.45, 2.75) is 42.0 Å². The van der Waals surface area contributed by atoms with Gasteiger partial charge < -0.3 is 10.2 Å². The molecule has 1 aliphatic heterocycles. The number of nitrogens with one attached hydrogen (secondary N) is 1. The lowest BCUT2D eigenvalue weighted by molar-refractivity contribution is -0.124. The fourth-order valence-electron chi connectivity index (χ4n) is 4.23. The van der Waals surface area contributed by atoms with E-state index in [1.807, 2.05) is 18.2 Å². The number of hydrogen-bond donors (Lipinski definition) is 1. The Labute approximate surface area is 173 Å². The molecule has 1 aliphatic carbocycles. The number of rotatable bonds is 7. The van der Waals surface area contributed by atoms with Gasteiger partial charge in [0.05, 0.1) is 16.4 Å². The molecule has 0 radical (unpaired) electrons. The predicted molar refractivity (Wildman–Crippen MR) is 113 cm³/mol. The van der Waals surface area contributed by atoms with E-state index in [1.165, 1.54) is 19.1 Å². The second-order valence-corrected chi connectivity index (χ2v) is 10.3. The van der Waals surface area contributed by atoms with Crippen LogP contribution < -0.4 is 5.32 Å². The molecule has 2 fully saturated rings. The Bertz CT molecular complexity index is 961. The van der Waals surface area contributed by atoms with Crippen LogP contribution in [0.25, 0.3) is 0 Å². The minimum Gasteiger partial charge on any atom is -0.347 e. The van der Waals surface area contributed by atoms with E-state index >= 15 is 0 Å². The molecule has 5 nitrogen and oxygen atoms in total. The number of amides is 1. The summed E-state index contributed by atoms with van der Waals surface area (Å²) in [5.41, 5.74) is 1.49. The van der Waals surface area contributed by atoms with Gasteiger partial charge in [-0.3, -0.25) is 4.79 Å². The number of carbonyl (C=O) groups excluding carboxylic acids is 1. The number of benzene rings is 2. The van der Waals surface area contributed by atoms with Gasteiger partial charge in [0.2, 0.25) is 5.91 Å². The van der Waals surface area contributed by atoms with Gasteiger partial charge in [0, 0.05) is 12.8 Å². The van der Waals surface area contributed by atoms with Crippen LogP contribution in [0.2, 0.25) is 0 Å². The summed E-state index contributed by atoms with van der Waals surface area (Å²) in [6.07, 6.45) is 5.22. The van der Waals surface area contributed by atoms with Crippen molar-refractivity contribution in [3.8, 4) is 0 Å². The number of nitrogens with zero attached hydrogens (tertiary/aromatic N) is 1. The molecule has 1 heterocycles. The summed E-state index contributed by atoms with van der Waals surface area (Å²) in [5.74, 6) is 0.0395. The SMILES string of the molecule is CS(=O)(=O)c1ccc(C2(C(=O)NC(CN3CCCC3)c3ccccc3)CC2)cc1. The highest BCUT2D eigenvalue weighted by atomic mass is 32.2. The Kier molecular flexibility index (Phi) is 5.49. The minimum atomic E-state index is -3.24. The molecule has 1 unspecified atom stereocenters. The molecule has 0 spiro atoms. The zero-order chi connectivity index (χ0) is 20.5. The van der Waals surface area contributed by atoms with E-state index in [-0.39, 0.29) is 16.8 Å². The molecule has 2 aromatic carbocycles. The van der Waals surface area contributed by atoms with Gasteiger partial charge in [-0.05, 0) is 62.0 Å². The molecular formula is C23H28N2O3S. The maximum absolute atomic E-state index is 13.3. The Morgan fingerprint density at radius 1 is 1.03 bits per heavy atom. The largest absolute Gasteiger partial charge is 0.347 e. The third kappa shape index (κ3) is 4.38. The van der Waals surface area contributed by atoms with Crippen LogP contribution in [0.1, 0.15) is 42.9 Å². The fourth-order valence-corrected chi connectivity index (χ4v) is 4.86. The van der Waals surface area contributed by atoms with Gasteiger partial charge in [-0.25, -0.2) is 8.42 Å². The summed E-state index contributed by atoms with van der Waals surface area (Å²) in [7, 11) is -3.24. The first kappa shape index (κ1) is 20.1. The quantitative estimate of drug-likeness (QED) is 0.759. The molecule has 2 aromatic rings. The van der Waals surface area contributed by atoms with E-state index < -0.39 is 15.3 Å². The van der Waals surface area contributed by atoms with Gasteiger partial charge >= 0.3 is 0 Å². The molecule has 6 heteroatoms. The van der Waals surface area contributed by atoms with E-state index in [0.717, 1.165) is 43.6 Å². The van der Waals surface area contributed by atoms with E-state index in [9.17, 15) is 13.2 Å². The Morgan fingerprint density at radius 3 is 2.21 bits per heavy atom. The van der Waals surface area contributed by atoms with Crippen molar-refractivity contribution in [1.82, 2.24) is 10.2 Å². The van der Waals surface area contributed by atoms with Gasteiger partial charge in [-0.1, -0.05) is 42.5 Å². The molecule has 1 saturated carbocycles. The van der Waals surface area contributed by atoms with Gasteiger partial charge in [0.1, 0.15) is 0 Å². The molecule has 1 amide bonds. The molecule has 0 aromatic heterocycles. The van der Waals surface area contributed by atoms with Crippen LogP contribution in [0.3, 0.4) is 0 Å². The molecule has 2 aliphatic rings. The van der Waals surface area contributed by atoms with Crippen molar-refractivity contribution >= 4 is 15.7 Å². The second kappa shape index (κ2) is 7.92. The lowest BCUT2D eigenvalue weighted by Gasteiger charge is -2.27. The van der Waals surface area contributed by atoms with Crippen LogP contribution in [0.5, 0.6) is 0 Å². The van der Waals surface area contributed by atoms with E-state index in [1.54, 1.807) is 24.3 Å². The minimum absolute atomic E-state index is 0.0395. The lowest BCUT2D eigenvalue weighted by atomic mass is 9.94. The van der Waals surface area contributed by atoms with Gasteiger partial charge in [0.15, 0.2) is 9.84 Å². The molecule has 1 atom stereocenters. The monoisotopic (exact) mass is 412 g/mol. The Morgan fingerprint density at radius 2 is 1.66 bits per heavy atom. The van der Waals surface area contributed by atoms with Gasteiger partial charge in [-0.2, -0.15) is 0 Å². The first-order valence-corrected chi connectivity index (χ1v) is 12.2. The molecule has 0 bridgehead atoms. The average molecular weight is 413 g/mol. The Hall–Kier alpha value is -2.18. The summed E-state index contributed by atoms with van der Waals surface area (Å²) in [6.45, 7) is 2.98. The predicted octanol–water partition coefficient (Wildman–Crippen LogP) is 3.08. The summed E-state index contributed by atoms with van der Waals surface area (Å²) in [4.78, 5) is 16.0. The van der Waals surface area contributed by atoms with Crippen LogP contribution in [0, 0.1) is 0 Å². The van der Waals surface area contributed by atoms with Crippen molar-refractivity contribution in [3.05, 3.63) is 65.7 Å². The zero-order valence-electron chi connectivity index (χ0n) is 16.8. The fraction of sp³-hybridized carbons (Fsp3) is 0.435. The van der Waals surface area contributed by atoms with Crippen molar-refractivity contribution in [1.29, 1.82) is 0 Å². The third-order valence-electron chi connectivity index (χ3n) is 6.17. The molecule has 154 valence electrons. The van der Waals surface area contributed by atoms with Crippen LogP contribution >= 0.6 is 0 Å². The van der Waals surface area contributed by atoms with E-state index in [0.29, 0.717) is 0 Å². The van der Waals surface area contributed by atoms with Crippen molar-refractivity contribution < 1.29 is 13.2 Å².